The molecule has 8 nitrogen and oxygen atoms in total. The molecule has 2 aliphatic rings. The number of anilines is 1. The fourth-order valence-electron chi connectivity index (χ4n) is 6.04. The van der Waals surface area contributed by atoms with Crippen molar-refractivity contribution in [1.82, 2.24) is 0 Å². The third kappa shape index (κ3) is 7.51. The minimum atomic E-state index is -1.06. The predicted molar refractivity (Wildman–Crippen MR) is 159 cm³/mol. The molecule has 1 amide bonds. The Labute approximate surface area is 255 Å². The average Bonchev–Trinajstić information content (AvgIpc) is 3.03. The van der Waals surface area contributed by atoms with E-state index >= 15 is 0 Å². The maximum Gasteiger partial charge on any atom is 0.233 e. The van der Waals surface area contributed by atoms with Crippen LogP contribution in [0.15, 0.2) is 72.8 Å². The summed E-state index contributed by atoms with van der Waals surface area (Å²) in [6, 6.07) is 19.2. The number of carbonyl (C=O) groups is 1. The van der Waals surface area contributed by atoms with Crippen LogP contribution < -0.4 is 4.90 Å². The first-order valence-corrected chi connectivity index (χ1v) is 15.1. The lowest BCUT2D eigenvalue weighted by molar-refractivity contribution is -0.192. The molecule has 2 saturated heterocycles. The maximum atomic E-state index is 13.6. The lowest BCUT2D eigenvalue weighted by Crippen LogP contribution is -2.55. The van der Waals surface area contributed by atoms with E-state index in [9.17, 15) is 34.0 Å². The first-order chi connectivity index (χ1) is 21.2. The van der Waals surface area contributed by atoms with Gasteiger partial charge >= 0.3 is 0 Å². The van der Waals surface area contributed by atoms with Crippen molar-refractivity contribution in [3.05, 3.63) is 101 Å². The molecule has 0 spiro atoms. The summed E-state index contributed by atoms with van der Waals surface area (Å²) in [4.78, 5) is 15.0. The zero-order valence-electron chi connectivity index (χ0n) is 24.3. The fraction of sp³-hybridized carbons (Fsp3) is 0.441. The number of hydrogen-bond acceptors (Lipinski definition) is 7. The lowest BCUT2D eigenvalue weighted by Gasteiger charge is -2.48. The van der Waals surface area contributed by atoms with Crippen LogP contribution in [-0.2, 0) is 20.7 Å². The number of amides is 1. The molecule has 1 unspecified atom stereocenters. The molecular weight excluding hydrogens is 572 g/mol. The van der Waals surface area contributed by atoms with Gasteiger partial charge in [0.1, 0.15) is 23.8 Å². The predicted octanol–water partition coefficient (Wildman–Crippen LogP) is 4.00. The van der Waals surface area contributed by atoms with Gasteiger partial charge in [0.15, 0.2) is 0 Å². The summed E-state index contributed by atoms with van der Waals surface area (Å²) in [7, 11) is 0. The average molecular weight is 612 g/mol. The van der Waals surface area contributed by atoms with Crippen LogP contribution in [0, 0.1) is 17.6 Å². The van der Waals surface area contributed by atoms with Gasteiger partial charge in [0.2, 0.25) is 5.91 Å². The Hall–Kier alpha value is -3.25. The molecule has 0 radical (unpaired) electrons. The van der Waals surface area contributed by atoms with Crippen molar-refractivity contribution < 1.29 is 43.5 Å². The summed E-state index contributed by atoms with van der Waals surface area (Å²) in [6.45, 7) is 0.299. The van der Waals surface area contributed by atoms with Gasteiger partial charge in [0, 0.05) is 18.7 Å². The summed E-state index contributed by atoms with van der Waals surface area (Å²) in [5, 5.41) is 40.1. The Bertz CT molecular complexity index is 1360. The fourth-order valence-corrected chi connectivity index (χ4v) is 6.04. The highest BCUT2D eigenvalue weighted by Gasteiger charge is 2.48. The Kier molecular flexibility index (Phi) is 10.7. The number of benzene rings is 3. The Morgan fingerprint density at radius 2 is 1.61 bits per heavy atom. The molecule has 7 atom stereocenters. The molecule has 5 rings (SSSR count). The first kappa shape index (κ1) is 32.2. The van der Waals surface area contributed by atoms with E-state index in [0.717, 1.165) is 17.5 Å². The van der Waals surface area contributed by atoms with Gasteiger partial charge in [-0.1, -0.05) is 36.4 Å². The Morgan fingerprint density at radius 3 is 2.27 bits per heavy atom. The molecule has 3 aromatic carbocycles. The second kappa shape index (κ2) is 14.7. The van der Waals surface area contributed by atoms with Crippen molar-refractivity contribution in [1.29, 1.82) is 0 Å². The number of β-lactam (4-membered cyclic amide) rings is 1. The van der Waals surface area contributed by atoms with Crippen LogP contribution in [0.25, 0.3) is 0 Å². The van der Waals surface area contributed by atoms with Gasteiger partial charge in [-0.2, -0.15) is 0 Å². The van der Waals surface area contributed by atoms with Crippen LogP contribution in [0.2, 0.25) is 0 Å². The standard InChI is InChI=1S/C34H39F2NO7/c35-24-9-7-22(8-10-24)29(39)16-15-28-32(37(34(28)42)26-13-11-25(36)12-14-26)23-5-3-21(4-6-23)2-1-17-43-20-31-33(41)30(40)18-27(19-38)44-31/h3-14,27-33,38-41H,1-2,15-20H2/t27-,28+,29-,30-,31?,32+,33+/m0/s1. The van der Waals surface area contributed by atoms with Crippen molar-refractivity contribution in [2.75, 3.05) is 24.7 Å². The highest BCUT2D eigenvalue weighted by Crippen LogP contribution is 2.46. The van der Waals surface area contributed by atoms with Gasteiger partial charge in [0.05, 0.1) is 43.5 Å². The van der Waals surface area contributed by atoms with E-state index < -0.39 is 30.5 Å². The third-order valence-electron chi connectivity index (χ3n) is 8.53. The summed E-state index contributed by atoms with van der Waals surface area (Å²) in [5.41, 5.74) is 3.19. The van der Waals surface area contributed by atoms with Gasteiger partial charge in [0.25, 0.3) is 0 Å². The monoisotopic (exact) mass is 611 g/mol. The SMILES string of the molecule is O=C1[C@H](CC[C@H](O)c2ccc(F)cc2)[C@@H](c2ccc(CCCOCC3O[C@H](CO)C[C@H](O)[C@H]3O)cc2)N1c1ccc(F)cc1. The largest absolute Gasteiger partial charge is 0.394 e. The van der Waals surface area contributed by atoms with E-state index in [4.69, 9.17) is 9.47 Å². The van der Waals surface area contributed by atoms with E-state index in [-0.39, 0.29) is 49.1 Å². The zero-order chi connectivity index (χ0) is 31.2. The number of halogens is 2. The maximum absolute atomic E-state index is 13.6. The molecule has 0 saturated carbocycles. The minimum absolute atomic E-state index is 0.0981. The van der Waals surface area contributed by atoms with Crippen LogP contribution in [0.3, 0.4) is 0 Å². The normalized spacial score (nSPS) is 26.0. The van der Waals surface area contributed by atoms with Crippen molar-refractivity contribution in [3.8, 4) is 0 Å². The van der Waals surface area contributed by atoms with E-state index in [0.29, 0.717) is 37.1 Å². The molecule has 3 aromatic rings. The first-order valence-electron chi connectivity index (χ1n) is 15.1. The third-order valence-corrected chi connectivity index (χ3v) is 8.53. The molecule has 2 heterocycles. The van der Waals surface area contributed by atoms with Crippen molar-refractivity contribution in [3.63, 3.8) is 0 Å². The van der Waals surface area contributed by atoms with Gasteiger partial charge in [-0.3, -0.25) is 4.79 Å². The molecule has 4 N–H and O–H groups in total. The summed E-state index contributed by atoms with van der Waals surface area (Å²) < 4.78 is 38.2. The molecule has 236 valence electrons. The van der Waals surface area contributed by atoms with Crippen LogP contribution in [0.4, 0.5) is 14.5 Å². The van der Waals surface area contributed by atoms with Gasteiger partial charge in [-0.05, 0) is 78.8 Å². The molecule has 0 aromatic heterocycles. The summed E-state index contributed by atoms with van der Waals surface area (Å²) >= 11 is 0. The number of carbonyl (C=O) groups excluding carboxylic acids is 1. The van der Waals surface area contributed by atoms with Crippen molar-refractivity contribution >= 4 is 11.6 Å². The van der Waals surface area contributed by atoms with E-state index in [2.05, 4.69) is 0 Å². The number of hydrogen-bond donors (Lipinski definition) is 4. The topological polar surface area (TPSA) is 120 Å². The van der Waals surface area contributed by atoms with Crippen molar-refractivity contribution in [2.45, 2.75) is 68.7 Å². The van der Waals surface area contributed by atoms with Gasteiger partial charge < -0.3 is 34.8 Å². The Morgan fingerprint density at radius 1 is 0.955 bits per heavy atom. The number of ether oxygens (including phenoxy) is 2. The minimum Gasteiger partial charge on any atom is -0.394 e. The lowest BCUT2D eigenvalue weighted by atomic mass is 9.78. The summed E-state index contributed by atoms with van der Waals surface area (Å²) in [5.74, 6) is -1.25. The zero-order valence-corrected chi connectivity index (χ0v) is 24.3. The van der Waals surface area contributed by atoms with E-state index in [1.165, 1.54) is 24.3 Å². The van der Waals surface area contributed by atoms with E-state index in [1.54, 1.807) is 29.2 Å². The van der Waals surface area contributed by atoms with Gasteiger partial charge in [-0.15, -0.1) is 0 Å². The second-order valence-corrected chi connectivity index (χ2v) is 11.6. The molecule has 44 heavy (non-hydrogen) atoms. The quantitative estimate of drug-likeness (QED) is 0.170. The van der Waals surface area contributed by atoms with Crippen LogP contribution in [-0.4, -0.2) is 70.6 Å². The van der Waals surface area contributed by atoms with Gasteiger partial charge in [-0.25, -0.2) is 8.78 Å². The molecule has 2 aliphatic heterocycles. The summed E-state index contributed by atoms with van der Waals surface area (Å²) in [6.07, 6.45) is -1.70. The smallest absolute Gasteiger partial charge is 0.233 e. The molecule has 0 aliphatic carbocycles. The Balaban J connectivity index is 1.18. The molecule has 0 bridgehead atoms. The molecule has 2 fully saturated rings. The highest BCUT2D eigenvalue weighted by molar-refractivity contribution is 6.03. The number of aliphatic hydroxyl groups is 4. The molecular formula is C34H39F2NO7. The number of aryl methyl sites for hydroxylation is 1. The number of nitrogens with zero attached hydrogens (tertiary/aromatic N) is 1. The number of aliphatic hydroxyl groups excluding tert-OH is 4. The second-order valence-electron chi connectivity index (χ2n) is 11.6. The van der Waals surface area contributed by atoms with E-state index in [1.807, 2.05) is 24.3 Å². The van der Waals surface area contributed by atoms with Crippen LogP contribution in [0.5, 0.6) is 0 Å². The van der Waals surface area contributed by atoms with Crippen molar-refractivity contribution in [2.24, 2.45) is 5.92 Å². The van der Waals surface area contributed by atoms with Crippen LogP contribution >= 0.6 is 0 Å². The molecule has 10 heteroatoms. The number of rotatable bonds is 13. The van der Waals surface area contributed by atoms with Crippen LogP contribution in [0.1, 0.15) is 54.5 Å². The highest BCUT2D eigenvalue weighted by atomic mass is 19.1.